The van der Waals surface area contributed by atoms with Crippen LogP contribution in [0.3, 0.4) is 0 Å². The number of carbonyl (C=O) groups is 1. The molecule has 6 heteroatoms. The summed E-state index contributed by atoms with van der Waals surface area (Å²) in [6, 6.07) is 5.55. The van der Waals surface area contributed by atoms with Gasteiger partial charge in [-0.05, 0) is 46.6 Å². The number of urea groups is 1. The molecule has 19 heavy (non-hydrogen) atoms. The summed E-state index contributed by atoms with van der Waals surface area (Å²) in [4.78, 5) is 15.8. The van der Waals surface area contributed by atoms with E-state index in [9.17, 15) is 4.79 Å². The van der Waals surface area contributed by atoms with Gasteiger partial charge in [0.25, 0.3) is 0 Å². The van der Waals surface area contributed by atoms with E-state index in [1.54, 1.807) is 6.20 Å². The molecule has 2 amide bonds. The molecule has 0 aliphatic carbocycles. The van der Waals surface area contributed by atoms with Gasteiger partial charge in [-0.2, -0.15) is 0 Å². The number of hydrogen-bond donors (Lipinski definition) is 2. The average Bonchev–Trinajstić information content (AvgIpc) is 2.86. The molecule has 0 fully saturated rings. The monoisotopic (exact) mass is 322 g/mol. The molecule has 0 saturated heterocycles. The van der Waals surface area contributed by atoms with Crippen LogP contribution in [0, 0.1) is 6.92 Å². The summed E-state index contributed by atoms with van der Waals surface area (Å²) < 4.78 is 2.77. The fourth-order valence-electron chi connectivity index (χ4n) is 1.60. The minimum absolute atomic E-state index is 0.260. The topological polar surface area (TPSA) is 59.0 Å². The molecule has 0 unspecified atom stereocenters. The van der Waals surface area contributed by atoms with E-state index in [0.29, 0.717) is 12.4 Å². The minimum atomic E-state index is -0.260. The molecule has 0 bridgehead atoms. The third-order valence-corrected chi connectivity index (χ3v) is 3.14. The first-order valence-electron chi connectivity index (χ1n) is 5.93. The van der Waals surface area contributed by atoms with Crippen LogP contribution in [0.4, 0.5) is 10.6 Å². The number of aryl methyl sites for hydroxylation is 1. The van der Waals surface area contributed by atoms with Crippen molar-refractivity contribution in [2.45, 2.75) is 13.5 Å². The van der Waals surface area contributed by atoms with E-state index < -0.39 is 0 Å². The molecule has 2 aromatic rings. The molecule has 2 N–H and O–H groups in total. The highest BCUT2D eigenvalue weighted by Crippen LogP contribution is 2.20. The number of anilines is 1. The molecule has 0 spiro atoms. The predicted molar refractivity (Wildman–Crippen MR) is 78.1 cm³/mol. The van der Waals surface area contributed by atoms with Crippen molar-refractivity contribution >= 4 is 27.8 Å². The van der Waals surface area contributed by atoms with Gasteiger partial charge in [0.2, 0.25) is 0 Å². The van der Waals surface area contributed by atoms with Gasteiger partial charge in [0, 0.05) is 31.7 Å². The summed E-state index contributed by atoms with van der Waals surface area (Å²) in [6.45, 7) is 3.24. The fraction of sp³-hybridized carbons (Fsp3) is 0.231. The first-order chi connectivity index (χ1) is 9.15. The standard InChI is InChI=1S/C13H15BrN4O/c1-10-8-11(14)12(16-9-10)17-13(19)15-4-7-18-5-2-3-6-18/h2-3,5-6,8-9H,4,7H2,1H3,(H2,15,16,17,19). The lowest BCUT2D eigenvalue weighted by molar-refractivity contribution is 0.251. The zero-order valence-electron chi connectivity index (χ0n) is 10.6. The number of hydrogen-bond acceptors (Lipinski definition) is 2. The number of rotatable bonds is 4. The molecule has 0 aliphatic heterocycles. The van der Waals surface area contributed by atoms with Gasteiger partial charge in [0.15, 0.2) is 0 Å². The molecule has 2 rings (SSSR count). The Morgan fingerprint density at radius 3 is 2.84 bits per heavy atom. The zero-order valence-corrected chi connectivity index (χ0v) is 12.1. The Morgan fingerprint density at radius 2 is 2.16 bits per heavy atom. The van der Waals surface area contributed by atoms with E-state index in [0.717, 1.165) is 16.6 Å². The summed E-state index contributed by atoms with van der Waals surface area (Å²) in [5.41, 5.74) is 1.03. The molecule has 2 aromatic heterocycles. The van der Waals surface area contributed by atoms with Crippen molar-refractivity contribution in [2.75, 3.05) is 11.9 Å². The van der Waals surface area contributed by atoms with Crippen LogP contribution in [0.5, 0.6) is 0 Å². The largest absolute Gasteiger partial charge is 0.353 e. The third-order valence-electron chi connectivity index (χ3n) is 2.53. The lowest BCUT2D eigenvalue weighted by Crippen LogP contribution is -2.31. The maximum absolute atomic E-state index is 11.7. The molecular weight excluding hydrogens is 308 g/mol. The van der Waals surface area contributed by atoms with Crippen molar-refractivity contribution in [1.82, 2.24) is 14.9 Å². The first kappa shape index (κ1) is 13.6. The highest BCUT2D eigenvalue weighted by Gasteiger charge is 2.06. The van der Waals surface area contributed by atoms with Gasteiger partial charge in [-0.15, -0.1) is 0 Å². The Kier molecular flexibility index (Phi) is 4.57. The van der Waals surface area contributed by atoms with Crippen LogP contribution in [0.15, 0.2) is 41.3 Å². The highest BCUT2D eigenvalue weighted by atomic mass is 79.9. The Hall–Kier alpha value is -1.82. The Labute approximate surface area is 120 Å². The van der Waals surface area contributed by atoms with Crippen molar-refractivity contribution in [2.24, 2.45) is 0 Å². The number of pyridine rings is 1. The summed E-state index contributed by atoms with van der Waals surface area (Å²) >= 11 is 3.37. The van der Waals surface area contributed by atoms with Gasteiger partial charge in [0.1, 0.15) is 5.82 Å². The van der Waals surface area contributed by atoms with Gasteiger partial charge in [-0.25, -0.2) is 9.78 Å². The van der Waals surface area contributed by atoms with E-state index >= 15 is 0 Å². The summed E-state index contributed by atoms with van der Waals surface area (Å²) in [5, 5.41) is 5.48. The van der Waals surface area contributed by atoms with Gasteiger partial charge < -0.3 is 9.88 Å². The third kappa shape index (κ3) is 4.10. The Balaban J connectivity index is 1.80. The van der Waals surface area contributed by atoms with Crippen molar-refractivity contribution in [3.05, 3.63) is 46.8 Å². The Bertz CT molecular complexity index is 554. The predicted octanol–water partition coefficient (Wildman–Crippen LogP) is 2.78. The second kappa shape index (κ2) is 6.38. The normalized spacial score (nSPS) is 10.2. The van der Waals surface area contributed by atoms with Crippen molar-refractivity contribution < 1.29 is 4.79 Å². The van der Waals surface area contributed by atoms with Crippen LogP contribution in [0.2, 0.25) is 0 Å². The van der Waals surface area contributed by atoms with E-state index in [-0.39, 0.29) is 6.03 Å². The number of carbonyl (C=O) groups excluding carboxylic acids is 1. The zero-order chi connectivity index (χ0) is 13.7. The van der Waals surface area contributed by atoms with Crippen LogP contribution in [0.1, 0.15) is 5.56 Å². The van der Waals surface area contributed by atoms with Crippen LogP contribution >= 0.6 is 15.9 Å². The molecule has 0 radical (unpaired) electrons. The maximum Gasteiger partial charge on any atom is 0.320 e. The summed E-state index contributed by atoms with van der Waals surface area (Å²) in [7, 11) is 0. The first-order valence-corrected chi connectivity index (χ1v) is 6.72. The molecule has 0 atom stereocenters. The number of nitrogens with zero attached hydrogens (tertiary/aromatic N) is 2. The van der Waals surface area contributed by atoms with E-state index in [2.05, 4.69) is 31.5 Å². The lowest BCUT2D eigenvalue weighted by Gasteiger charge is -2.09. The summed E-state index contributed by atoms with van der Waals surface area (Å²) in [5.74, 6) is 0.518. The van der Waals surface area contributed by atoms with Crippen LogP contribution in [-0.2, 0) is 6.54 Å². The van der Waals surface area contributed by atoms with Crippen LogP contribution in [0.25, 0.3) is 0 Å². The quantitative estimate of drug-likeness (QED) is 0.909. The second-order valence-corrected chi connectivity index (χ2v) is 5.00. The van der Waals surface area contributed by atoms with Crippen LogP contribution in [-0.4, -0.2) is 22.1 Å². The smallest absolute Gasteiger partial charge is 0.320 e. The molecule has 0 saturated carbocycles. The van der Waals surface area contributed by atoms with Gasteiger partial charge in [0.05, 0.1) is 4.47 Å². The highest BCUT2D eigenvalue weighted by molar-refractivity contribution is 9.10. The average molecular weight is 323 g/mol. The number of amides is 2. The van der Waals surface area contributed by atoms with Gasteiger partial charge in [-0.1, -0.05) is 0 Å². The van der Waals surface area contributed by atoms with Crippen molar-refractivity contribution in [3.8, 4) is 0 Å². The molecule has 2 heterocycles. The lowest BCUT2D eigenvalue weighted by atomic mass is 10.3. The fourth-order valence-corrected chi connectivity index (χ4v) is 2.16. The Morgan fingerprint density at radius 1 is 1.42 bits per heavy atom. The van der Waals surface area contributed by atoms with E-state index in [1.807, 2.05) is 42.1 Å². The minimum Gasteiger partial charge on any atom is -0.353 e. The molecular formula is C13H15BrN4O. The van der Waals surface area contributed by atoms with E-state index in [4.69, 9.17) is 0 Å². The van der Waals surface area contributed by atoms with Crippen molar-refractivity contribution in [1.29, 1.82) is 0 Å². The molecule has 0 aromatic carbocycles. The molecule has 0 aliphatic rings. The summed E-state index contributed by atoms with van der Waals surface area (Å²) in [6.07, 6.45) is 5.62. The second-order valence-electron chi connectivity index (χ2n) is 4.14. The number of aromatic nitrogens is 2. The van der Waals surface area contributed by atoms with Gasteiger partial charge >= 0.3 is 6.03 Å². The maximum atomic E-state index is 11.7. The molecule has 100 valence electrons. The molecule has 5 nitrogen and oxygen atoms in total. The number of halogens is 1. The van der Waals surface area contributed by atoms with E-state index in [1.165, 1.54) is 0 Å². The number of nitrogens with one attached hydrogen (secondary N) is 2. The SMILES string of the molecule is Cc1cnc(NC(=O)NCCn2cccc2)c(Br)c1. The van der Waals surface area contributed by atoms with Gasteiger partial charge in [-0.3, -0.25) is 5.32 Å². The van der Waals surface area contributed by atoms with Crippen molar-refractivity contribution in [3.63, 3.8) is 0 Å². The van der Waals surface area contributed by atoms with Crippen LogP contribution < -0.4 is 10.6 Å².